The zero-order valence-electron chi connectivity index (χ0n) is 27.8. The molecule has 5 aromatic rings. The molecule has 5 aromatic carbocycles. The highest BCUT2D eigenvalue weighted by atomic mass is 16.5. The van der Waals surface area contributed by atoms with E-state index in [1.807, 2.05) is 109 Å². The number of nitrogens with zero attached hydrogens (tertiary/aromatic N) is 1. The Hall–Kier alpha value is -6.08. The second-order valence-electron chi connectivity index (χ2n) is 13.0. The highest BCUT2D eigenvalue weighted by molar-refractivity contribution is 6.39. The molecule has 0 N–H and O–H groups in total. The van der Waals surface area contributed by atoms with Crippen LogP contribution in [0.4, 0.5) is 5.69 Å². The van der Waals surface area contributed by atoms with Crippen LogP contribution in [0.25, 0.3) is 11.1 Å². The standard InChI is InChI=1S/C43H33NO6/c1-26(45)27-14-20-32(21-15-27)44-39(46)37-38(40(44)47)43(31-12-8-5-9-13-31)36(29-18-24-34(50-3)25-19-29)35(28-16-22-33(49-2)23-17-28)42(37,41(43)48)30-10-6-4-7-11-30/h4-25,37-38H,1-3H3/t37-,38-,42+,43+/m0/s1. The van der Waals surface area contributed by atoms with Crippen molar-refractivity contribution in [3.63, 3.8) is 0 Å². The van der Waals surface area contributed by atoms with E-state index in [0.717, 1.165) is 11.1 Å². The first-order chi connectivity index (χ1) is 24.3. The van der Waals surface area contributed by atoms with Gasteiger partial charge >= 0.3 is 0 Å². The fourth-order valence-corrected chi connectivity index (χ4v) is 8.74. The smallest absolute Gasteiger partial charge is 0.239 e. The third-order valence-electron chi connectivity index (χ3n) is 10.7. The molecular weight excluding hydrogens is 626 g/mol. The Balaban J connectivity index is 1.51. The molecule has 1 heterocycles. The number of fused-ring (bicyclic) bond motifs is 5. The topological polar surface area (TPSA) is 90.0 Å². The molecule has 2 aliphatic carbocycles. The predicted octanol–water partition coefficient (Wildman–Crippen LogP) is 7.10. The van der Waals surface area contributed by atoms with E-state index in [2.05, 4.69) is 0 Å². The first-order valence-corrected chi connectivity index (χ1v) is 16.5. The molecule has 0 radical (unpaired) electrons. The van der Waals surface area contributed by atoms with Crippen LogP contribution in [-0.2, 0) is 25.2 Å². The summed E-state index contributed by atoms with van der Waals surface area (Å²) in [4.78, 5) is 59.6. The molecule has 7 nitrogen and oxygen atoms in total. The quantitative estimate of drug-likeness (QED) is 0.131. The average Bonchev–Trinajstić information content (AvgIpc) is 3.67. The minimum atomic E-state index is -1.54. The number of allylic oxidation sites excluding steroid dienone is 2. The lowest BCUT2D eigenvalue weighted by Gasteiger charge is -2.39. The predicted molar refractivity (Wildman–Crippen MR) is 190 cm³/mol. The molecule has 2 fully saturated rings. The van der Waals surface area contributed by atoms with Crippen molar-refractivity contribution in [1.29, 1.82) is 0 Å². The molecule has 1 aliphatic heterocycles. The van der Waals surface area contributed by atoms with Crippen molar-refractivity contribution in [3.8, 4) is 11.5 Å². The van der Waals surface area contributed by atoms with E-state index in [-0.39, 0.29) is 11.6 Å². The number of rotatable bonds is 8. The Morgan fingerprint density at radius 1 is 0.560 bits per heavy atom. The Kier molecular flexibility index (Phi) is 7.19. The van der Waals surface area contributed by atoms with Gasteiger partial charge in [-0.15, -0.1) is 0 Å². The van der Waals surface area contributed by atoms with Crippen LogP contribution < -0.4 is 14.4 Å². The van der Waals surface area contributed by atoms with Gasteiger partial charge in [0.1, 0.15) is 11.5 Å². The molecule has 0 unspecified atom stereocenters. The van der Waals surface area contributed by atoms with Gasteiger partial charge in [0.25, 0.3) is 0 Å². The number of methoxy groups -OCH3 is 2. The van der Waals surface area contributed by atoms with Gasteiger partial charge in [-0.1, -0.05) is 84.9 Å². The van der Waals surface area contributed by atoms with E-state index in [9.17, 15) is 4.79 Å². The van der Waals surface area contributed by atoms with Crippen molar-refractivity contribution in [2.24, 2.45) is 11.8 Å². The Morgan fingerprint density at radius 3 is 1.32 bits per heavy atom. The first-order valence-electron chi connectivity index (χ1n) is 16.5. The summed E-state index contributed by atoms with van der Waals surface area (Å²) in [5.41, 5.74) is 1.89. The average molecular weight is 660 g/mol. The summed E-state index contributed by atoms with van der Waals surface area (Å²) in [7, 11) is 3.19. The third kappa shape index (κ3) is 4.03. The molecule has 1 saturated heterocycles. The van der Waals surface area contributed by atoms with Crippen molar-refractivity contribution < 1.29 is 28.7 Å². The highest BCUT2D eigenvalue weighted by Crippen LogP contribution is 2.74. The summed E-state index contributed by atoms with van der Waals surface area (Å²) in [6.07, 6.45) is 0. The Labute approximate surface area is 289 Å². The minimum absolute atomic E-state index is 0.125. The Morgan fingerprint density at radius 2 is 0.960 bits per heavy atom. The lowest BCUT2D eigenvalue weighted by molar-refractivity contribution is -0.130. The molecule has 4 atom stereocenters. The summed E-state index contributed by atoms with van der Waals surface area (Å²) in [5, 5.41) is 0. The first kappa shape index (κ1) is 31.2. The summed E-state index contributed by atoms with van der Waals surface area (Å²) < 4.78 is 11.0. The minimum Gasteiger partial charge on any atom is -0.497 e. The lowest BCUT2D eigenvalue weighted by atomic mass is 9.59. The van der Waals surface area contributed by atoms with Crippen LogP contribution in [0.2, 0.25) is 0 Å². The molecule has 7 heteroatoms. The van der Waals surface area contributed by atoms with E-state index in [4.69, 9.17) is 9.47 Å². The van der Waals surface area contributed by atoms with Crippen molar-refractivity contribution >= 4 is 40.2 Å². The van der Waals surface area contributed by atoms with E-state index in [1.165, 1.54) is 11.8 Å². The molecule has 50 heavy (non-hydrogen) atoms. The maximum absolute atomic E-state index is 16.0. The number of hydrogen-bond donors (Lipinski definition) is 0. The molecule has 2 amide bonds. The number of amides is 2. The molecule has 246 valence electrons. The second kappa shape index (κ2) is 11.5. The van der Waals surface area contributed by atoms with E-state index >= 15 is 14.4 Å². The largest absolute Gasteiger partial charge is 0.497 e. The van der Waals surface area contributed by atoms with Gasteiger partial charge in [0.05, 0.1) is 42.6 Å². The molecule has 8 rings (SSSR count). The fraction of sp³-hybridized carbons (Fsp3) is 0.163. The lowest BCUT2D eigenvalue weighted by Crippen LogP contribution is -2.45. The van der Waals surface area contributed by atoms with Gasteiger partial charge in [-0.3, -0.25) is 19.2 Å². The normalized spacial score (nSPS) is 23.7. The number of anilines is 1. The third-order valence-corrected chi connectivity index (χ3v) is 10.7. The number of hydrogen-bond acceptors (Lipinski definition) is 6. The zero-order chi connectivity index (χ0) is 34.8. The number of carbonyl (C=O) groups excluding carboxylic acids is 4. The van der Waals surface area contributed by atoms with Gasteiger partial charge in [-0.2, -0.15) is 0 Å². The van der Waals surface area contributed by atoms with Gasteiger partial charge in [-0.05, 0) is 88.9 Å². The molecule has 2 bridgehead atoms. The van der Waals surface area contributed by atoms with Crippen molar-refractivity contribution in [3.05, 3.63) is 161 Å². The van der Waals surface area contributed by atoms with Crippen molar-refractivity contribution in [2.75, 3.05) is 19.1 Å². The van der Waals surface area contributed by atoms with E-state index in [1.54, 1.807) is 38.5 Å². The number of ketones is 2. The van der Waals surface area contributed by atoms with Crippen LogP contribution in [0.1, 0.15) is 39.5 Å². The summed E-state index contributed by atoms with van der Waals surface area (Å²) in [6, 6.07) is 40.3. The number of ether oxygens (including phenoxy) is 2. The van der Waals surface area contributed by atoms with Crippen LogP contribution in [-0.4, -0.2) is 37.6 Å². The van der Waals surface area contributed by atoms with Gasteiger partial charge in [0.15, 0.2) is 11.6 Å². The summed E-state index contributed by atoms with van der Waals surface area (Å²) in [5.74, 6) is -2.07. The molecule has 3 aliphatic rings. The highest BCUT2D eigenvalue weighted by Gasteiger charge is 2.82. The maximum atomic E-state index is 16.0. The molecule has 0 aromatic heterocycles. The van der Waals surface area contributed by atoms with Crippen molar-refractivity contribution in [1.82, 2.24) is 0 Å². The van der Waals surface area contributed by atoms with Gasteiger partial charge in [-0.25, -0.2) is 4.90 Å². The maximum Gasteiger partial charge on any atom is 0.239 e. The number of Topliss-reactive ketones (excluding diaryl/α,β-unsaturated/α-hetero) is 2. The van der Waals surface area contributed by atoms with E-state index in [0.29, 0.717) is 45.0 Å². The van der Waals surface area contributed by atoms with Crippen LogP contribution in [0, 0.1) is 11.8 Å². The van der Waals surface area contributed by atoms with Crippen LogP contribution >= 0.6 is 0 Å². The summed E-state index contributed by atoms with van der Waals surface area (Å²) >= 11 is 0. The zero-order valence-corrected chi connectivity index (χ0v) is 27.8. The van der Waals surface area contributed by atoms with Gasteiger partial charge in [0.2, 0.25) is 11.8 Å². The molecular formula is C43H33NO6. The van der Waals surface area contributed by atoms with E-state index < -0.39 is 34.5 Å². The van der Waals surface area contributed by atoms with Crippen molar-refractivity contribution in [2.45, 2.75) is 17.8 Å². The summed E-state index contributed by atoms with van der Waals surface area (Å²) in [6.45, 7) is 1.47. The number of benzene rings is 5. The molecule has 1 saturated carbocycles. The van der Waals surface area contributed by atoms with Gasteiger partial charge in [0, 0.05) is 5.56 Å². The fourth-order valence-electron chi connectivity index (χ4n) is 8.74. The molecule has 0 spiro atoms. The second-order valence-corrected chi connectivity index (χ2v) is 13.0. The van der Waals surface area contributed by atoms with Crippen LogP contribution in [0.3, 0.4) is 0 Å². The Bertz CT molecular complexity index is 2080. The number of imide groups is 1. The number of carbonyl (C=O) groups is 4. The SMILES string of the molecule is COc1ccc(C2=C(c3ccc(OC)cc3)[C@@]3(c4ccccc4)C(=O)[C@@]2(c2ccccc2)[C@@H]2C(=O)N(c4ccc(C(C)=O)cc4)C(=O)[C@H]23)cc1. The van der Waals surface area contributed by atoms with Gasteiger partial charge < -0.3 is 9.47 Å². The van der Waals surface area contributed by atoms with Crippen LogP contribution in [0.5, 0.6) is 11.5 Å². The monoisotopic (exact) mass is 659 g/mol. The van der Waals surface area contributed by atoms with Crippen LogP contribution in [0.15, 0.2) is 133 Å².